The topological polar surface area (TPSA) is 61.9 Å². The quantitative estimate of drug-likeness (QED) is 0.807. The molecule has 1 fully saturated rings. The standard InChI is InChI=1S/C10H16N4OS/c1-7-4-3-5-14(7)9(15)6-16-10-11-8(2)12-13-10/h7H,3-6H2,1-2H3,(H,11,12,13). The third-order valence-electron chi connectivity index (χ3n) is 2.77. The van der Waals surface area contributed by atoms with Crippen LogP contribution in [0.1, 0.15) is 25.6 Å². The summed E-state index contributed by atoms with van der Waals surface area (Å²) in [5.41, 5.74) is 0. The lowest BCUT2D eigenvalue weighted by Gasteiger charge is -2.20. The van der Waals surface area contributed by atoms with Crippen molar-refractivity contribution in [3.05, 3.63) is 5.82 Å². The van der Waals surface area contributed by atoms with E-state index in [2.05, 4.69) is 22.1 Å². The molecule has 0 radical (unpaired) electrons. The molecule has 1 unspecified atom stereocenters. The first-order valence-corrected chi connectivity index (χ1v) is 6.46. The van der Waals surface area contributed by atoms with E-state index in [1.165, 1.54) is 11.8 Å². The van der Waals surface area contributed by atoms with E-state index in [-0.39, 0.29) is 5.91 Å². The highest BCUT2D eigenvalue weighted by Crippen LogP contribution is 2.19. The smallest absolute Gasteiger partial charge is 0.233 e. The van der Waals surface area contributed by atoms with Crippen LogP contribution >= 0.6 is 11.8 Å². The van der Waals surface area contributed by atoms with Gasteiger partial charge >= 0.3 is 0 Å². The van der Waals surface area contributed by atoms with Gasteiger partial charge in [0.2, 0.25) is 11.1 Å². The largest absolute Gasteiger partial charge is 0.339 e. The molecule has 2 rings (SSSR count). The van der Waals surface area contributed by atoms with Crippen LogP contribution in [0, 0.1) is 6.92 Å². The summed E-state index contributed by atoms with van der Waals surface area (Å²) >= 11 is 1.39. The summed E-state index contributed by atoms with van der Waals surface area (Å²) in [5, 5.41) is 7.40. The van der Waals surface area contributed by atoms with E-state index in [0.717, 1.165) is 25.2 Å². The van der Waals surface area contributed by atoms with Crippen LogP contribution in [0.3, 0.4) is 0 Å². The fourth-order valence-electron chi connectivity index (χ4n) is 1.90. The number of amides is 1. The first-order chi connectivity index (χ1) is 7.66. The lowest BCUT2D eigenvalue weighted by atomic mass is 10.2. The number of carbonyl (C=O) groups is 1. The molecule has 6 heteroatoms. The van der Waals surface area contributed by atoms with E-state index in [4.69, 9.17) is 0 Å². The van der Waals surface area contributed by atoms with Gasteiger partial charge < -0.3 is 4.90 Å². The van der Waals surface area contributed by atoms with Gasteiger partial charge in [0.15, 0.2) is 0 Å². The number of nitrogens with zero attached hydrogens (tertiary/aromatic N) is 3. The number of hydrogen-bond donors (Lipinski definition) is 1. The molecule has 1 atom stereocenters. The van der Waals surface area contributed by atoms with E-state index >= 15 is 0 Å². The maximum absolute atomic E-state index is 11.9. The van der Waals surface area contributed by atoms with Gasteiger partial charge in [0.1, 0.15) is 5.82 Å². The van der Waals surface area contributed by atoms with Gasteiger partial charge in [0.25, 0.3) is 0 Å². The fraction of sp³-hybridized carbons (Fsp3) is 0.700. The Morgan fingerprint density at radius 1 is 1.69 bits per heavy atom. The zero-order chi connectivity index (χ0) is 11.5. The lowest BCUT2D eigenvalue weighted by molar-refractivity contribution is -0.128. The maximum atomic E-state index is 11.9. The number of likely N-dealkylation sites (tertiary alicyclic amines) is 1. The summed E-state index contributed by atoms with van der Waals surface area (Å²) in [4.78, 5) is 18.0. The molecule has 88 valence electrons. The molecule has 16 heavy (non-hydrogen) atoms. The summed E-state index contributed by atoms with van der Waals surface area (Å²) in [6, 6.07) is 0.391. The molecule has 1 amide bonds. The highest BCUT2D eigenvalue weighted by Gasteiger charge is 2.24. The van der Waals surface area contributed by atoms with Crippen LogP contribution in [0.5, 0.6) is 0 Å². The Bertz CT molecular complexity index is 379. The van der Waals surface area contributed by atoms with Crippen molar-refractivity contribution in [2.24, 2.45) is 0 Å². The van der Waals surface area contributed by atoms with Crippen molar-refractivity contribution < 1.29 is 4.79 Å². The fourth-order valence-corrected chi connectivity index (χ4v) is 2.63. The number of hydrogen-bond acceptors (Lipinski definition) is 4. The molecule has 1 aromatic rings. The summed E-state index contributed by atoms with van der Waals surface area (Å²) in [7, 11) is 0. The van der Waals surface area contributed by atoms with Crippen molar-refractivity contribution in [3.8, 4) is 0 Å². The van der Waals surface area contributed by atoms with Gasteiger partial charge in [-0.1, -0.05) is 11.8 Å². The molecule has 0 bridgehead atoms. The number of rotatable bonds is 3. The second-order valence-electron chi connectivity index (χ2n) is 4.07. The Kier molecular flexibility index (Phi) is 3.48. The van der Waals surface area contributed by atoms with Gasteiger partial charge in [-0.25, -0.2) is 4.98 Å². The van der Waals surface area contributed by atoms with Crippen molar-refractivity contribution in [3.63, 3.8) is 0 Å². The Balaban J connectivity index is 1.83. The van der Waals surface area contributed by atoms with Crippen molar-refractivity contribution >= 4 is 17.7 Å². The van der Waals surface area contributed by atoms with Gasteiger partial charge in [-0.15, -0.1) is 5.10 Å². The minimum Gasteiger partial charge on any atom is -0.339 e. The van der Waals surface area contributed by atoms with Crippen LogP contribution in [0.25, 0.3) is 0 Å². The highest BCUT2D eigenvalue weighted by atomic mass is 32.2. The minimum atomic E-state index is 0.192. The van der Waals surface area contributed by atoms with Crippen molar-refractivity contribution in [2.45, 2.75) is 37.9 Å². The molecular formula is C10H16N4OS. The van der Waals surface area contributed by atoms with Crippen molar-refractivity contribution in [1.29, 1.82) is 0 Å². The summed E-state index contributed by atoms with van der Waals surface area (Å²) in [5.74, 6) is 1.41. The number of aromatic amines is 1. The number of carbonyl (C=O) groups excluding carboxylic acids is 1. The normalized spacial score (nSPS) is 20.4. The van der Waals surface area contributed by atoms with Crippen LogP contribution in [0.2, 0.25) is 0 Å². The molecule has 1 N–H and O–H groups in total. The summed E-state index contributed by atoms with van der Waals surface area (Å²) in [6.45, 7) is 4.85. The van der Waals surface area contributed by atoms with E-state index in [9.17, 15) is 4.79 Å². The average molecular weight is 240 g/mol. The van der Waals surface area contributed by atoms with E-state index in [1.54, 1.807) is 0 Å². The van der Waals surface area contributed by atoms with Crippen LogP contribution in [-0.4, -0.2) is 44.3 Å². The predicted molar refractivity (Wildman–Crippen MR) is 62.3 cm³/mol. The van der Waals surface area contributed by atoms with Crippen LogP contribution in [-0.2, 0) is 4.79 Å². The number of nitrogens with one attached hydrogen (secondary N) is 1. The van der Waals surface area contributed by atoms with Crippen LogP contribution < -0.4 is 0 Å². The molecule has 5 nitrogen and oxygen atoms in total. The maximum Gasteiger partial charge on any atom is 0.233 e. The molecule has 0 aromatic carbocycles. The second-order valence-corrected chi connectivity index (χ2v) is 5.01. The minimum absolute atomic E-state index is 0.192. The van der Waals surface area contributed by atoms with Crippen molar-refractivity contribution in [2.75, 3.05) is 12.3 Å². The predicted octanol–water partition coefficient (Wildman–Crippen LogP) is 1.22. The lowest BCUT2D eigenvalue weighted by Crippen LogP contribution is -2.34. The Hall–Kier alpha value is -1.04. The zero-order valence-corrected chi connectivity index (χ0v) is 10.4. The van der Waals surface area contributed by atoms with E-state index in [1.807, 2.05) is 11.8 Å². The molecule has 1 aliphatic rings. The molecular weight excluding hydrogens is 224 g/mol. The third-order valence-corrected chi connectivity index (χ3v) is 3.61. The SMILES string of the molecule is Cc1nc(SCC(=O)N2CCCC2C)n[nH]1. The first kappa shape index (κ1) is 11.4. The molecule has 0 spiro atoms. The van der Waals surface area contributed by atoms with Gasteiger partial charge in [-0.2, -0.15) is 0 Å². The number of H-pyrrole nitrogens is 1. The summed E-state index contributed by atoms with van der Waals surface area (Å²) in [6.07, 6.45) is 2.24. The Morgan fingerprint density at radius 3 is 3.06 bits per heavy atom. The highest BCUT2D eigenvalue weighted by molar-refractivity contribution is 7.99. The Morgan fingerprint density at radius 2 is 2.50 bits per heavy atom. The molecule has 0 saturated carbocycles. The van der Waals surface area contributed by atoms with Gasteiger partial charge in [-0.05, 0) is 26.7 Å². The first-order valence-electron chi connectivity index (χ1n) is 5.48. The Labute approximate surface area is 99.0 Å². The van der Waals surface area contributed by atoms with Crippen LogP contribution in [0.15, 0.2) is 5.16 Å². The van der Waals surface area contributed by atoms with Crippen LogP contribution in [0.4, 0.5) is 0 Å². The second kappa shape index (κ2) is 4.86. The molecule has 2 heterocycles. The average Bonchev–Trinajstić information content (AvgIpc) is 2.84. The molecule has 1 aromatic heterocycles. The van der Waals surface area contributed by atoms with E-state index in [0.29, 0.717) is 17.0 Å². The third kappa shape index (κ3) is 2.55. The van der Waals surface area contributed by atoms with E-state index < -0.39 is 0 Å². The van der Waals surface area contributed by atoms with Gasteiger partial charge in [-0.3, -0.25) is 9.89 Å². The monoisotopic (exact) mass is 240 g/mol. The number of aromatic nitrogens is 3. The number of thioether (sulfide) groups is 1. The molecule has 1 aliphatic heterocycles. The zero-order valence-electron chi connectivity index (χ0n) is 9.56. The number of aryl methyl sites for hydroxylation is 1. The summed E-state index contributed by atoms with van der Waals surface area (Å²) < 4.78 is 0. The van der Waals surface area contributed by atoms with Gasteiger partial charge in [0, 0.05) is 12.6 Å². The molecule has 1 saturated heterocycles. The van der Waals surface area contributed by atoms with Crippen molar-refractivity contribution in [1.82, 2.24) is 20.1 Å². The molecule has 0 aliphatic carbocycles. The van der Waals surface area contributed by atoms with Gasteiger partial charge in [0.05, 0.1) is 5.75 Å².